The molecule has 0 saturated carbocycles. The van der Waals surface area contributed by atoms with Gasteiger partial charge in [0.25, 0.3) is 0 Å². The Morgan fingerprint density at radius 2 is 2.27 bits per heavy atom. The van der Waals surface area contributed by atoms with Crippen LogP contribution >= 0.6 is 12.4 Å². The SMILES string of the molecule is Cl.NCCN1CCCC(=O)C1. The fourth-order valence-electron chi connectivity index (χ4n) is 1.28. The third-order valence-electron chi connectivity index (χ3n) is 1.78. The van der Waals surface area contributed by atoms with Gasteiger partial charge in [0.2, 0.25) is 0 Å². The van der Waals surface area contributed by atoms with Gasteiger partial charge in [0.1, 0.15) is 5.78 Å². The summed E-state index contributed by atoms with van der Waals surface area (Å²) in [6, 6.07) is 0. The average Bonchev–Trinajstić information content (AvgIpc) is 1.88. The summed E-state index contributed by atoms with van der Waals surface area (Å²) >= 11 is 0. The molecule has 1 fully saturated rings. The van der Waals surface area contributed by atoms with Crippen LogP contribution in [0.15, 0.2) is 0 Å². The minimum absolute atomic E-state index is 0. The highest BCUT2D eigenvalue weighted by Crippen LogP contribution is 2.03. The molecule has 2 N–H and O–H groups in total. The van der Waals surface area contributed by atoms with Crippen molar-refractivity contribution in [3.63, 3.8) is 0 Å². The Balaban J connectivity index is 0.000001000. The molecular formula is C7H15ClN2O. The zero-order chi connectivity index (χ0) is 7.40. The molecular weight excluding hydrogens is 164 g/mol. The molecule has 0 aromatic heterocycles. The quantitative estimate of drug-likeness (QED) is 0.649. The van der Waals surface area contributed by atoms with Gasteiger partial charge in [0.05, 0.1) is 6.54 Å². The second kappa shape index (κ2) is 5.52. The summed E-state index contributed by atoms with van der Waals surface area (Å²) in [4.78, 5) is 13.0. The summed E-state index contributed by atoms with van der Waals surface area (Å²) in [6.45, 7) is 3.19. The number of hydrogen-bond donors (Lipinski definition) is 1. The van der Waals surface area contributed by atoms with Crippen LogP contribution in [0.5, 0.6) is 0 Å². The number of halogens is 1. The first-order chi connectivity index (χ1) is 4.83. The Kier molecular flexibility index (Phi) is 5.46. The molecule has 1 aliphatic heterocycles. The lowest BCUT2D eigenvalue weighted by Crippen LogP contribution is -2.38. The van der Waals surface area contributed by atoms with E-state index in [1.807, 2.05) is 0 Å². The Labute approximate surface area is 73.3 Å². The molecule has 0 aromatic rings. The molecule has 4 heteroatoms. The molecule has 1 rings (SSSR count). The molecule has 0 aromatic carbocycles. The predicted molar refractivity (Wildman–Crippen MR) is 47.0 cm³/mol. The number of carbonyl (C=O) groups excluding carboxylic acids is 1. The maximum absolute atomic E-state index is 10.9. The van der Waals surface area contributed by atoms with Gasteiger partial charge in [-0.1, -0.05) is 0 Å². The Bertz CT molecular complexity index is 128. The van der Waals surface area contributed by atoms with Gasteiger partial charge in [-0.3, -0.25) is 9.69 Å². The number of Topliss-reactive ketones (excluding diaryl/α,β-unsaturated/α-hetero) is 1. The Hall–Kier alpha value is -0.120. The minimum Gasteiger partial charge on any atom is -0.329 e. The van der Waals surface area contributed by atoms with Crippen molar-refractivity contribution in [1.82, 2.24) is 4.90 Å². The van der Waals surface area contributed by atoms with E-state index < -0.39 is 0 Å². The molecule has 11 heavy (non-hydrogen) atoms. The molecule has 66 valence electrons. The maximum Gasteiger partial charge on any atom is 0.146 e. The molecule has 0 unspecified atom stereocenters. The third-order valence-corrected chi connectivity index (χ3v) is 1.78. The van der Waals surface area contributed by atoms with Crippen LogP contribution in [0.1, 0.15) is 12.8 Å². The van der Waals surface area contributed by atoms with E-state index in [2.05, 4.69) is 4.90 Å². The van der Waals surface area contributed by atoms with Gasteiger partial charge in [-0.2, -0.15) is 0 Å². The zero-order valence-electron chi connectivity index (χ0n) is 6.58. The fourth-order valence-corrected chi connectivity index (χ4v) is 1.28. The largest absolute Gasteiger partial charge is 0.329 e. The lowest BCUT2D eigenvalue weighted by Gasteiger charge is -2.24. The first kappa shape index (κ1) is 10.9. The normalized spacial score (nSPS) is 19.5. The summed E-state index contributed by atoms with van der Waals surface area (Å²) < 4.78 is 0. The summed E-state index contributed by atoms with van der Waals surface area (Å²) in [5.74, 6) is 0.361. The maximum atomic E-state index is 10.9. The van der Waals surface area contributed by atoms with E-state index in [4.69, 9.17) is 5.73 Å². The van der Waals surface area contributed by atoms with Crippen molar-refractivity contribution in [2.45, 2.75) is 12.8 Å². The van der Waals surface area contributed by atoms with Crippen molar-refractivity contribution < 1.29 is 4.79 Å². The van der Waals surface area contributed by atoms with Gasteiger partial charge in [-0.25, -0.2) is 0 Å². The summed E-state index contributed by atoms with van der Waals surface area (Å²) in [7, 11) is 0. The third kappa shape index (κ3) is 3.70. The molecule has 0 amide bonds. The fraction of sp³-hybridized carbons (Fsp3) is 0.857. The van der Waals surface area contributed by atoms with Crippen molar-refractivity contribution in [2.75, 3.05) is 26.2 Å². The molecule has 0 bridgehead atoms. The van der Waals surface area contributed by atoms with Crippen LogP contribution in [0.25, 0.3) is 0 Å². The van der Waals surface area contributed by atoms with Crippen molar-refractivity contribution in [1.29, 1.82) is 0 Å². The lowest BCUT2D eigenvalue weighted by molar-refractivity contribution is -0.122. The number of nitrogens with two attached hydrogens (primary N) is 1. The van der Waals surface area contributed by atoms with Crippen molar-refractivity contribution in [3.05, 3.63) is 0 Å². The van der Waals surface area contributed by atoms with Crippen LogP contribution in [0, 0.1) is 0 Å². The van der Waals surface area contributed by atoms with Gasteiger partial charge in [-0.15, -0.1) is 12.4 Å². The first-order valence-corrected chi connectivity index (χ1v) is 3.77. The number of rotatable bonds is 2. The summed E-state index contributed by atoms with van der Waals surface area (Å²) in [5, 5.41) is 0. The van der Waals surface area contributed by atoms with Crippen molar-refractivity contribution >= 4 is 18.2 Å². The number of ketones is 1. The van der Waals surface area contributed by atoms with Gasteiger partial charge < -0.3 is 5.73 Å². The highest BCUT2D eigenvalue weighted by Gasteiger charge is 2.14. The van der Waals surface area contributed by atoms with Gasteiger partial charge in [-0.05, 0) is 13.0 Å². The smallest absolute Gasteiger partial charge is 0.146 e. The second-order valence-corrected chi connectivity index (χ2v) is 2.71. The van der Waals surface area contributed by atoms with E-state index in [0.717, 1.165) is 25.9 Å². The van der Waals surface area contributed by atoms with E-state index in [9.17, 15) is 4.79 Å². The van der Waals surface area contributed by atoms with Gasteiger partial charge >= 0.3 is 0 Å². The van der Waals surface area contributed by atoms with Crippen molar-refractivity contribution in [3.8, 4) is 0 Å². The first-order valence-electron chi connectivity index (χ1n) is 3.77. The number of piperidine rings is 1. The van der Waals surface area contributed by atoms with Gasteiger partial charge in [0, 0.05) is 19.5 Å². The van der Waals surface area contributed by atoms with Crippen molar-refractivity contribution in [2.24, 2.45) is 5.73 Å². The van der Waals surface area contributed by atoms with E-state index in [1.165, 1.54) is 0 Å². The molecule has 0 radical (unpaired) electrons. The molecule has 0 spiro atoms. The van der Waals surface area contributed by atoms with Gasteiger partial charge in [0.15, 0.2) is 0 Å². The van der Waals surface area contributed by atoms with Crippen LogP contribution in [-0.2, 0) is 4.79 Å². The molecule has 1 saturated heterocycles. The van der Waals surface area contributed by atoms with E-state index in [-0.39, 0.29) is 12.4 Å². The topological polar surface area (TPSA) is 46.3 Å². The van der Waals surface area contributed by atoms with Crippen LogP contribution < -0.4 is 5.73 Å². The molecule has 1 heterocycles. The van der Waals surface area contributed by atoms with Crippen LogP contribution in [-0.4, -0.2) is 36.9 Å². The Morgan fingerprint density at radius 1 is 1.55 bits per heavy atom. The average molecular weight is 179 g/mol. The van der Waals surface area contributed by atoms with Crippen LogP contribution in [0.3, 0.4) is 0 Å². The summed E-state index contributed by atoms with van der Waals surface area (Å²) in [5.41, 5.74) is 5.35. The number of likely N-dealkylation sites (tertiary alicyclic amines) is 1. The monoisotopic (exact) mass is 178 g/mol. The molecule has 1 aliphatic rings. The van der Waals surface area contributed by atoms with E-state index >= 15 is 0 Å². The van der Waals surface area contributed by atoms with Crippen LogP contribution in [0.2, 0.25) is 0 Å². The zero-order valence-corrected chi connectivity index (χ0v) is 7.40. The van der Waals surface area contributed by atoms with Crippen LogP contribution in [0.4, 0.5) is 0 Å². The number of carbonyl (C=O) groups is 1. The Morgan fingerprint density at radius 3 is 2.82 bits per heavy atom. The molecule has 0 atom stereocenters. The number of hydrogen-bond acceptors (Lipinski definition) is 3. The highest BCUT2D eigenvalue weighted by molar-refractivity contribution is 5.85. The predicted octanol–water partition coefficient (Wildman–Crippen LogP) is 0.0318. The summed E-state index contributed by atoms with van der Waals surface area (Å²) in [6.07, 6.45) is 1.78. The standard InChI is InChI=1S/C7H14N2O.ClH/c8-3-5-9-4-1-2-7(10)6-9;/h1-6,8H2;1H. The highest BCUT2D eigenvalue weighted by atomic mass is 35.5. The van der Waals surface area contributed by atoms with E-state index in [1.54, 1.807) is 0 Å². The number of nitrogens with zero attached hydrogens (tertiary/aromatic N) is 1. The molecule has 0 aliphatic carbocycles. The second-order valence-electron chi connectivity index (χ2n) is 2.71. The van der Waals surface area contributed by atoms with E-state index in [0.29, 0.717) is 18.9 Å². The molecule has 3 nitrogen and oxygen atoms in total. The lowest BCUT2D eigenvalue weighted by atomic mass is 10.1. The minimum atomic E-state index is 0.